The zero-order valence-electron chi connectivity index (χ0n) is 28.8. The van der Waals surface area contributed by atoms with E-state index in [0.29, 0.717) is 40.7 Å². The third-order valence-corrected chi connectivity index (χ3v) is 9.36. The summed E-state index contributed by atoms with van der Waals surface area (Å²) in [4.78, 5) is 43.8. The molecule has 0 bridgehead atoms. The maximum absolute atomic E-state index is 14.4. The number of rotatable bonds is 7. The van der Waals surface area contributed by atoms with Crippen LogP contribution in [0.1, 0.15) is 93.9 Å². The Labute approximate surface area is 278 Å². The van der Waals surface area contributed by atoms with Crippen molar-refractivity contribution in [3.05, 3.63) is 35.2 Å². The first-order valence-electron chi connectivity index (χ1n) is 17.1. The number of anilines is 2. The number of aliphatic hydroxyl groups excluding tert-OH is 1. The van der Waals surface area contributed by atoms with Crippen LogP contribution in [0.15, 0.2) is 22.7 Å². The van der Waals surface area contributed by atoms with Crippen LogP contribution in [0.25, 0.3) is 0 Å². The molecule has 2 aliphatic rings. The number of likely N-dealkylation sites (N-methyl/N-ethyl adjacent to an activating group) is 1. The molecule has 1 aromatic heterocycles. The van der Waals surface area contributed by atoms with Crippen molar-refractivity contribution in [2.75, 3.05) is 44.0 Å². The molecule has 0 radical (unpaired) electrons. The molecule has 1 aromatic carbocycles. The summed E-state index contributed by atoms with van der Waals surface area (Å²) in [5.41, 5.74) is 2.01. The zero-order chi connectivity index (χ0) is 34.1. The van der Waals surface area contributed by atoms with Gasteiger partial charge in [-0.1, -0.05) is 31.3 Å². The molecule has 12 heteroatoms. The van der Waals surface area contributed by atoms with Gasteiger partial charge in [-0.3, -0.25) is 9.59 Å². The molecule has 1 aliphatic heterocycles. The number of hydrogen-bond acceptors (Lipinski definition) is 8. The second-order valence-electron chi connectivity index (χ2n) is 13.3. The van der Waals surface area contributed by atoms with Gasteiger partial charge >= 0.3 is 6.03 Å². The van der Waals surface area contributed by atoms with Gasteiger partial charge in [0.15, 0.2) is 5.76 Å². The van der Waals surface area contributed by atoms with Gasteiger partial charge in [0, 0.05) is 44.3 Å². The number of aliphatic hydroxyl groups is 1. The number of nitrogens with one attached hydrogen (secondary N) is 2. The van der Waals surface area contributed by atoms with Gasteiger partial charge < -0.3 is 39.5 Å². The monoisotopic (exact) mass is 655 g/mol. The highest BCUT2D eigenvalue weighted by molar-refractivity contribution is 6.00. The number of urea groups is 1. The number of fused-ring (bicyclic) bond motifs is 1. The van der Waals surface area contributed by atoms with Gasteiger partial charge in [0.2, 0.25) is 5.91 Å². The van der Waals surface area contributed by atoms with E-state index < -0.39 is 12.1 Å². The molecule has 260 valence electrons. The lowest BCUT2D eigenvalue weighted by Gasteiger charge is -2.35. The molecule has 0 unspecified atom stereocenters. The van der Waals surface area contributed by atoms with Gasteiger partial charge in [-0.25, -0.2) is 4.79 Å². The average molecular weight is 656 g/mol. The highest BCUT2D eigenvalue weighted by atomic mass is 16.5. The molecular weight excluding hydrogens is 602 g/mol. The molecule has 2 heterocycles. The molecule has 3 N–H and O–H groups in total. The van der Waals surface area contributed by atoms with Crippen LogP contribution in [0.3, 0.4) is 0 Å². The molecule has 12 nitrogen and oxygen atoms in total. The van der Waals surface area contributed by atoms with E-state index in [9.17, 15) is 19.5 Å². The topological polar surface area (TPSA) is 146 Å². The van der Waals surface area contributed by atoms with E-state index >= 15 is 0 Å². The Morgan fingerprint density at radius 2 is 1.81 bits per heavy atom. The van der Waals surface area contributed by atoms with Gasteiger partial charge in [0.05, 0.1) is 30.4 Å². The van der Waals surface area contributed by atoms with Crippen LogP contribution in [-0.4, -0.2) is 89.5 Å². The van der Waals surface area contributed by atoms with Crippen LogP contribution in [0.4, 0.5) is 16.2 Å². The van der Waals surface area contributed by atoms with E-state index in [1.165, 1.54) is 0 Å². The fourth-order valence-corrected chi connectivity index (χ4v) is 6.29. The van der Waals surface area contributed by atoms with Crippen molar-refractivity contribution in [2.24, 2.45) is 11.8 Å². The number of aryl methyl sites for hydroxylation is 2. The van der Waals surface area contributed by atoms with Crippen LogP contribution in [-0.2, 0) is 9.53 Å². The standard InChI is InChI=1S/C35H53N5O7/c1-22-19-40(23(2)21-41)34(43)29-18-28(36-33(42)27-13-8-7-9-14-27)15-16-30(29)46-24(3)12-10-11-17-45-31(22)20-39(6)35(44)37-32-25(4)38-47-26(32)5/h15-16,18,22-24,27,31,41H,7-14,17,19-21H2,1-6H3,(H,36,42)(H,37,44)/t22-,23-,24+,31+/m1/s1. The van der Waals surface area contributed by atoms with Crippen molar-refractivity contribution in [2.45, 2.75) is 104 Å². The Hall–Kier alpha value is -3.64. The maximum Gasteiger partial charge on any atom is 0.321 e. The number of hydrogen-bond donors (Lipinski definition) is 3. The summed E-state index contributed by atoms with van der Waals surface area (Å²) in [5.74, 6) is 0.398. The Bertz CT molecular complexity index is 1340. The molecule has 47 heavy (non-hydrogen) atoms. The summed E-state index contributed by atoms with van der Waals surface area (Å²) in [7, 11) is 1.70. The third kappa shape index (κ3) is 9.70. The molecule has 4 rings (SSSR count). The number of benzene rings is 1. The van der Waals surface area contributed by atoms with E-state index in [2.05, 4.69) is 15.8 Å². The predicted octanol–water partition coefficient (Wildman–Crippen LogP) is 5.77. The summed E-state index contributed by atoms with van der Waals surface area (Å²) in [6, 6.07) is 4.41. The predicted molar refractivity (Wildman–Crippen MR) is 180 cm³/mol. The quantitative estimate of drug-likeness (QED) is 0.341. The SMILES string of the molecule is Cc1noc(C)c1NC(=O)N(C)C[C@@H]1OCCCC[C@H](C)Oc2ccc(NC(=O)C3CCCCC3)cc2C(=O)N([C@H](C)CO)C[C@H]1C. The minimum absolute atomic E-state index is 0.0241. The minimum Gasteiger partial charge on any atom is -0.490 e. The highest BCUT2D eigenvalue weighted by Gasteiger charge is 2.31. The average Bonchev–Trinajstić information content (AvgIpc) is 3.38. The molecular formula is C35H53N5O7. The van der Waals surface area contributed by atoms with E-state index in [-0.39, 0.29) is 55.5 Å². The molecule has 0 saturated heterocycles. The van der Waals surface area contributed by atoms with Gasteiger partial charge in [0.25, 0.3) is 5.91 Å². The van der Waals surface area contributed by atoms with E-state index in [1.807, 2.05) is 13.8 Å². The second-order valence-corrected chi connectivity index (χ2v) is 13.3. The molecule has 1 aliphatic carbocycles. The van der Waals surface area contributed by atoms with Crippen molar-refractivity contribution < 1.29 is 33.5 Å². The van der Waals surface area contributed by atoms with Crippen LogP contribution in [0.2, 0.25) is 0 Å². The maximum atomic E-state index is 14.4. The molecule has 4 atom stereocenters. The van der Waals surface area contributed by atoms with Crippen molar-refractivity contribution >= 4 is 29.2 Å². The summed E-state index contributed by atoms with van der Waals surface area (Å²) in [5, 5.41) is 20.1. The van der Waals surface area contributed by atoms with Crippen LogP contribution < -0.4 is 15.4 Å². The highest BCUT2D eigenvalue weighted by Crippen LogP contribution is 2.30. The summed E-state index contributed by atoms with van der Waals surface area (Å²) in [6.45, 7) is 10.1. The van der Waals surface area contributed by atoms with Crippen LogP contribution in [0.5, 0.6) is 5.75 Å². The lowest BCUT2D eigenvalue weighted by molar-refractivity contribution is -0.120. The summed E-state index contributed by atoms with van der Waals surface area (Å²) in [6.07, 6.45) is 6.86. The van der Waals surface area contributed by atoms with E-state index in [1.54, 1.807) is 55.8 Å². The first-order valence-corrected chi connectivity index (χ1v) is 17.1. The minimum atomic E-state index is -0.509. The van der Waals surface area contributed by atoms with Gasteiger partial charge in [0.1, 0.15) is 17.1 Å². The lowest BCUT2D eigenvalue weighted by Crippen LogP contribution is -2.48. The number of carbonyl (C=O) groups is 3. The Balaban J connectivity index is 1.58. The summed E-state index contributed by atoms with van der Waals surface area (Å²) < 4.78 is 17.9. The number of amides is 4. The van der Waals surface area contributed by atoms with Gasteiger partial charge in [-0.15, -0.1) is 0 Å². The molecule has 4 amide bonds. The van der Waals surface area contributed by atoms with Gasteiger partial charge in [-0.2, -0.15) is 0 Å². The fourth-order valence-electron chi connectivity index (χ4n) is 6.29. The first-order chi connectivity index (χ1) is 22.5. The normalized spacial score (nSPS) is 22.4. The van der Waals surface area contributed by atoms with Crippen LogP contribution in [0, 0.1) is 25.7 Å². The van der Waals surface area contributed by atoms with Crippen molar-refractivity contribution in [3.63, 3.8) is 0 Å². The van der Waals surface area contributed by atoms with Crippen LogP contribution >= 0.6 is 0 Å². The molecule has 2 aromatic rings. The lowest BCUT2D eigenvalue weighted by atomic mass is 9.88. The van der Waals surface area contributed by atoms with Crippen molar-refractivity contribution in [1.29, 1.82) is 0 Å². The van der Waals surface area contributed by atoms with Crippen molar-refractivity contribution in [1.82, 2.24) is 15.0 Å². The molecule has 0 spiro atoms. The smallest absolute Gasteiger partial charge is 0.321 e. The third-order valence-electron chi connectivity index (χ3n) is 9.36. The largest absolute Gasteiger partial charge is 0.490 e. The molecule has 1 saturated carbocycles. The number of ether oxygens (including phenoxy) is 2. The zero-order valence-corrected chi connectivity index (χ0v) is 28.8. The van der Waals surface area contributed by atoms with Gasteiger partial charge in [-0.05, 0) is 78.0 Å². The number of nitrogens with zero attached hydrogens (tertiary/aromatic N) is 3. The number of carbonyl (C=O) groups excluding carboxylic acids is 3. The Kier molecular flexibility index (Phi) is 13.1. The Morgan fingerprint density at radius 3 is 2.49 bits per heavy atom. The van der Waals surface area contributed by atoms with Crippen molar-refractivity contribution in [3.8, 4) is 5.75 Å². The van der Waals surface area contributed by atoms with E-state index in [0.717, 1.165) is 51.4 Å². The Morgan fingerprint density at radius 1 is 1.09 bits per heavy atom. The van der Waals surface area contributed by atoms with E-state index in [4.69, 9.17) is 14.0 Å². The second kappa shape index (κ2) is 17.0. The first kappa shape index (κ1) is 36.2. The number of aromatic nitrogens is 1. The molecule has 1 fully saturated rings. The summed E-state index contributed by atoms with van der Waals surface area (Å²) >= 11 is 0. The fraction of sp³-hybridized carbons (Fsp3) is 0.657.